The molecule has 0 bridgehead atoms. The summed E-state index contributed by atoms with van der Waals surface area (Å²) < 4.78 is 2.06. The third kappa shape index (κ3) is 2.89. The van der Waals surface area contributed by atoms with E-state index in [1.54, 1.807) is 12.4 Å². The molecule has 2 aromatic carbocycles. The number of nitrogens with zero attached hydrogens (tertiary/aromatic N) is 3. The van der Waals surface area contributed by atoms with Gasteiger partial charge in [-0.3, -0.25) is 9.56 Å². The lowest BCUT2D eigenvalue weighted by Crippen LogP contribution is -2.59. The zero-order valence-electron chi connectivity index (χ0n) is 17.4. The minimum atomic E-state index is -1.39. The average molecular weight is 399 g/mol. The number of aliphatic carboxylic acids is 1. The molecular formula is C25H25N3O2. The van der Waals surface area contributed by atoms with Crippen molar-refractivity contribution in [2.75, 3.05) is 13.6 Å². The molecular weight excluding hydrogens is 374 g/mol. The minimum Gasteiger partial charge on any atom is -0.545 e. The third-order valence-electron chi connectivity index (χ3n) is 5.97. The summed E-state index contributed by atoms with van der Waals surface area (Å²) in [4.78, 5) is 19.2. The Labute approximate surface area is 176 Å². The largest absolute Gasteiger partial charge is 0.545 e. The van der Waals surface area contributed by atoms with E-state index in [4.69, 9.17) is 0 Å². The fraction of sp³-hybridized carbons (Fsp3) is 0.240. The number of carboxylic acids is 1. The van der Waals surface area contributed by atoms with Crippen molar-refractivity contribution in [2.45, 2.75) is 25.4 Å². The van der Waals surface area contributed by atoms with Gasteiger partial charge < -0.3 is 9.90 Å². The van der Waals surface area contributed by atoms with Crippen LogP contribution in [0.5, 0.6) is 0 Å². The predicted molar refractivity (Wildman–Crippen MR) is 114 cm³/mol. The van der Waals surface area contributed by atoms with Crippen LogP contribution in [-0.4, -0.2) is 39.9 Å². The lowest BCUT2D eigenvalue weighted by atomic mass is 9.78. The second-order valence-electron chi connectivity index (χ2n) is 7.65. The van der Waals surface area contributed by atoms with Gasteiger partial charge in [0.2, 0.25) is 5.54 Å². The maximum atomic E-state index is 13.1. The molecule has 1 aliphatic heterocycles. The molecule has 2 atom stereocenters. The van der Waals surface area contributed by atoms with Crippen LogP contribution in [0.2, 0.25) is 0 Å². The molecule has 30 heavy (non-hydrogen) atoms. The van der Waals surface area contributed by atoms with E-state index < -0.39 is 17.6 Å². The van der Waals surface area contributed by atoms with Crippen molar-refractivity contribution in [1.82, 2.24) is 9.88 Å². The van der Waals surface area contributed by atoms with Gasteiger partial charge in [0, 0.05) is 23.5 Å². The van der Waals surface area contributed by atoms with Crippen LogP contribution >= 0.6 is 0 Å². The van der Waals surface area contributed by atoms with Crippen LogP contribution in [0, 0.1) is 6.92 Å². The van der Waals surface area contributed by atoms with E-state index >= 15 is 0 Å². The van der Waals surface area contributed by atoms with Crippen molar-refractivity contribution in [3.8, 4) is 0 Å². The van der Waals surface area contributed by atoms with Crippen molar-refractivity contribution in [3.63, 3.8) is 0 Å². The molecule has 0 radical (unpaired) electrons. The zero-order valence-corrected chi connectivity index (χ0v) is 17.4. The normalized spacial score (nSPS) is 21.2. The van der Waals surface area contributed by atoms with E-state index in [2.05, 4.69) is 9.56 Å². The molecule has 0 spiro atoms. The average Bonchev–Trinajstić information content (AvgIpc) is 3.04. The number of carbonyl (C=O) groups excluding carboxylic acids is 1. The number of pyridine rings is 1. The van der Waals surface area contributed by atoms with Gasteiger partial charge in [-0.2, -0.15) is 0 Å². The maximum absolute atomic E-state index is 13.1. The van der Waals surface area contributed by atoms with Crippen molar-refractivity contribution in [1.29, 1.82) is 0 Å². The number of amidine groups is 1. The van der Waals surface area contributed by atoms with Crippen LogP contribution in [0.3, 0.4) is 0 Å². The van der Waals surface area contributed by atoms with Gasteiger partial charge in [0.1, 0.15) is 0 Å². The van der Waals surface area contributed by atoms with E-state index in [9.17, 15) is 9.90 Å². The predicted octanol–water partition coefficient (Wildman–Crippen LogP) is 2.50. The van der Waals surface area contributed by atoms with Crippen LogP contribution in [-0.2, 0) is 10.3 Å². The van der Waals surface area contributed by atoms with Gasteiger partial charge in [-0.05, 0) is 38.1 Å². The number of hydrogen-bond donors (Lipinski definition) is 0. The summed E-state index contributed by atoms with van der Waals surface area (Å²) in [5.41, 5.74) is 2.24. The molecule has 0 saturated carbocycles. The summed E-state index contributed by atoms with van der Waals surface area (Å²) in [7, 11) is 1.95. The van der Waals surface area contributed by atoms with Crippen molar-refractivity contribution in [2.24, 2.45) is 0 Å². The molecule has 0 N–H and O–H groups in total. The van der Waals surface area contributed by atoms with Crippen LogP contribution in [0.25, 0.3) is 0 Å². The number of aryl methyl sites for hydroxylation is 1. The standard InChI is InChI=1S/C25H25N3O2/c1-4-28-23(20-8-6-5-7-9-20)27(3)22(19-14-16-26-17-15-19)25(28,24(29)30)21-12-10-18(2)11-13-21/h5-17,22H,4H2,1-3H3. The van der Waals surface area contributed by atoms with Crippen LogP contribution in [0.1, 0.15) is 35.2 Å². The van der Waals surface area contributed by atoms with Crippen molar-refractivity contribution in [3.05, 3.63) is 101 Å². The molecule has 0 saturated heterocycles. The molecule has 2 heterocycles. The van der Waals surface area contributed by atoms with Gasteiger partial charge in [0.05, 0.1) is 25.1 Å². The second-order valence-corrected chi connectivity index (χ2v) is 7.65. The number of hydrogen-bond acceptors (Lipinski definition) is 4. The summed E-state index contributed by atoms with van der Waals surface area (Å²) in [6, 6.07) is 20.9. The summed E-state index contributed by atoms with van der Waals surface area (Å²) in [5.74, 6) is -0.252. The molecule has 1 aliphatic rings. The van der Waals surface area contributed by atoms with Gasteiger partial charge in [0.25, 0.3) is 5.84 Å². The summed E-state index contributed by atoms with van der Waals surface area (Å²) in [6.45, 7) is 4.49. The monoisotopic (exact) mass is 399 g/mol. The molecule has 3 aromatic rings. The van der Waals surface area contributed by atoms with E-state index in [0.29, 0.717) is 12.1 Å². The number of carboxylic acid groups (broad SMARTS) is 1. The third-order valence-corrected chi connectivity index (χ3v) is 5.97. The number of carbonyl (C=O) groups is 1. The Bertz CT molecular complexity index is 1080. The Hall–Kier alpha value is -3.47. The van der Waals surface area contributed by atoms with Crippen molar-refractivity contribution < 1.29 is 14.5 Å². The Morgan fingerprint density at radius 3 is 2.27 bits per heavy atom. The smallest absolute Gasteiger partial charge is 0.280 e. The second kappa shape index (κ2) is 7.75. The van der Waals surface area contributed by atoms with Gasteiger partial charge in [0.15, 0.2) is 6.04 Å². The first-order valence-electron chi connectivity index (χ1n) is 10.1. The highest BCUT2D eigenvalue weighted by atomic mass is 16.4. The molecule has 152 valence electrons. The van der Waals surface area contributed by atoms with E-state index in [1.807, 2.05) is 92.5 Å². The molecule has 5 nitrogen and oxygen atoms in total. The first kappa shape index (κ1) is 19.8. The summed E-state index contributed by atoms with van der Waals surface area (Å²) in [6.07, 6.45) is 3.41. The Kier molecular flexibility index (Phi) is 5.12. The molecule has 4 rings (SSSR count). The minimum absolute atomic E-state index is 0.483. The molecule has 0 amide bonds. The lowest BCUT2D eigenvalue weighted by molar-refractivity contribution is -0.545. The van der Waals surface area contributed by atoms with Gasteiger partial charge in [-0.1, -0.05) is 48.0 Å². The highest BCUT2D eigenvalue weighted by Gasteiger charge is 2.61. The van der Waals surface area contributed by atoms with E-state index in [-0.39, 0.29) is 0 Å². The fourth-order valence-electron chi connectivity index (χ4n) is 4.73. The Morgan fingerprint density at radius 2 is 1.70 bits per heavy atom. The summed E-state index contributed by atoms with van der Waals surface area (Å²) >= 11 is 0. The highest BCUT2D eigenvalue weighted by Crippen LogP contribution is 2.47. The zero-order chi connectivity index (χ0) is 21.3. The first-order chi connectivity index (χ1) is 14.5. The number of aromatic nitrogens is 1. The van der Waals surface area contributed by atoms with Gasteiger partial charge >= 0.3 is 0 Å². The Balaban J connectivity index is 2.06. The lowest BCUT2D eigenvalue weighted by Gasteiger charge is -2.38. The van der Waals surface area contributed by atoms with E-state index in [0.717, 1.165) is 22.5 Å². The molecule has 0 fully saturated rings. The van der Waals surface area contributed by atoms with E-state index in [1.165, 1.54) is 0 Å². The Morgan fingerprint density at radius 1 is 1.07 bits per heavy atom. The number of likely N-dealkylation sites (N-methyl/N-ethyl adjacent to an activating group) is 2. The van der Waals surface area contributed by atoms with Gasteiger partial charge in [-0.25, -0.2) is 4.90 Å². The molecule has 5 heteroatoms. The number of rotatable bonds is 5. The maximum Gasteiger partial charge on any atom is 0.280 e. The molecule has 0 aliphatic carbocycles. The fourth-order valence-corrected chi connectivity index (χ4v) is 4.73. The highest BCUT2D eigenvalue weighted by molar-refractivity contribution is 6.00. The summed E-state index contributed by atoms with van der Waals surface area (Å²) in [5, 5.41) is 13.1. The molecule has 1 aromatic heterocycles. The van der Waals surface area contributed by atoms with Crippen molar-refractivity contribution >= 4 is 11.8 Å². The SMILES string of the molecule is CCN1C(c2ccccc2)=[N+](C)C(c2ccncc2)C1(C(=O)[O-])c1ccc(C)cc1. The quantitative estimate of drug-likeness (QED) is 0.619. The number of benzene rings is 2. The van der Waals surface area contributed by atoms with Gasteiger partial charge in [-0.15, -0.1) is 0 Å². The van der Waals surface area contributed by atoms with Crippen LogP contribution < -0.4 is 5.11 Å². The van der Waals surface area contributed by atoms with Crippen LogP contribution in [0.4, 0.5) is 0 Å². The van der Waals surface area contributed by atoms with Crippen LogP contribution in [0.15, 0.2) is 79.1 Å². The topological polar surface area (TPSA) is 59.3 Å². The first-order valence-corrected chi connectivity index (χ1v) is 10.1. The molecule has 2 unspecified atom stereocenters.